The first-order chi connectivity index (χ1) is 9.25. The molecule has 1 unspecified atom stereocenters. The summed E-state index contributed by atoms with van der Waals surface area (Å²) in [5.41, 5.74) is 3.47. The number of hydrogen-bond acceptors (Lipinski definition) is 2. The van der Waals surface area contributed by atoms with E-state index < -0.39 is 0 Å². The molecule has 3 rings (SSSR count). The third-order valence-corrected chi connectivity index (χ3v) is 4.79. The molecule has 2 heteroatoms. The van der Waals surface area contributed by atoms with Gasteiger partial charge in [-0.15, -0.1) is 0 Å². The predicted octanol–water partition coefficient (Wildman–Crippen LogP) is 2.62. The van der Waals surface area contributed by atoms with Crippen molar-refractivity contribution in [3.8, 4) is 0 Å². The first-order valence-corrected chi connectivity index (χ1v) is 7.79. The van der Waals surface area contributed by atoms with E-state index in [9.17, 15) is 0 Å². The van der Waals surface area contributed by atoms with Gasteiger partial charge >= 0.3 is 0 Å². The standard InChI is InChI=1S/C17H26N2/c1-17(10-4-5-11-18-17)14-19-12-8-15-6-2-3-7-16(15)9-13-19/h2-3,6-7,18H,4-5,8-14H2,1H3. The van der Waals surface area contributed by atoms with Gasteiger partial charge in [-0.25, -0.2) is 0 Å². The number of piperidine rings is 1. The Hall–Kier alpha value is -0.860. The van der Waals surface area contributed by atoms with Crippen LogP contribution in [0.4, 0.5) is 0 Å². The van der Waals surface area contributed by atoms with Gasteiger partial charge in [0.25, 0.3) is 0 Å². The lowest BCUT2D eigenvalue weighted by Gasteiger charge is -2.39. The van der Waals surface area contributed by atoms with Crippen molar-refractivity contribution in [3.05, 3.63) is 35.4 Å². The van der Waals surface area contributed by atoms with Gasteiger partial charge in [-0.3, -0.25) is 0 Å². The first-order valence-electron chi connectivity index (χ1n) is 7.79. The molecule has 1 atom stereocenters. The third kappa shape index (κ3) is 3.18. The van der Waals surface area contributed by atoms with Gasteiger partial charge in [0.05, 0.1) is 0 Å². The molecule has 104 valence electrons. The Balaban J connectivity index is 1.62. The molecule has 0 saturated carbocycles. The lowest BCUT2D eigenvalue weighted by atomic mass is 9.90. The fourth-order valence-corrected chi connectivity index (χ4v) is 3.62. The Morgan fingerprint density at radius 3 is 2.37 bits per heavy atom. The van der Waals surface area contributed by atoms with E-state index in [1.54, 1.807) is 11.1 Å². The van der Waals surface area contributed by atoms with Crippen LogP contribution in [0.1, 0.15) is 37.3 Å². The molecular weight excluding hydrogens is 232 g/mol. The summed E-state index contributed by atoms with van der Waals surface area (Å²) < 4.78 is 0. The van der Waals surface area contributed by atoms with E-state index in [0.717, 1.165) is 0 Å². The minimum Gasteiger partial charge on any atom is -0.310 e. The monoisotopic (exact) mass is 258 g/mol. The van der Waals surface area contributed by atoms with E-state index >= 15 is 0 Å². The molecule has 0 radical (unpaired) electrons. The van der Waals surface area contributed by atoms with Crippen molar-refractivity contribution in [3.63, 3.8) is 0 Å². The number of nitrogens with zero attached hydrogens (tertiary/aromatic N) is 1. The summed E-state index contributed by atoms with van der Waals surface area (Å²) in [7, 11) is 0. The molecule has 0 spiro atoms. The van der Waals surface area contributed by atoms with E-state index in [-0.39, 0.29) is 0 Å². The molecule has 2 aliphatic rings. The second kappa shape index (κ2) is 5.64. The van der Waals surface area contributed by atoms with Crippen LogP contribution in [0, 0.1) is 0 Å². The molecule has 0 bridgehead atoms. The van der Waals surface area contributed by atoms with Crippen molar-refractivity contribution in [1.82, 2.24) is 10.2 Å². The Morgan fingerprint density at radius 2 is 1.79 bits per heavy atom. The SMILES string of the molecule is CC1(CN2CCc3ccccc3CC2)CCCCN1. The van der Waals surface area contributed by atoms with E-state index in [2.05, 4.69) is 41.4 Å². The largest absolute Gasteiger partial charge is 0.310 e. The second-order valence-corrected chi connectivity index (χ2v) is 6.49. The molecule has 2 nitrogen and oxygen atoms in total. The summed E-state index contributed by atoms with van der Waals surface area (Å²) in [6.07, 6.45) is 6.49. The number of fused-ring (bicyclic) bond motifs is 1. The Kier molecular flexibility index (Phi) is 3.90. The van der Waals surface area contributed by atoms with Gasteiger partial charge in [0, 0.05) is 25.2 Å². The molecule has 0 aromatic heterocycles. The molecule has 19 heavy (non-hydrogen) atoms. The van der Waals surface area contributed by atoms with Crippen LogP contribution in [0.15, 0.2) is 24.3 Å². The molecular formula is C17H26N2. The van der Waals surface area contributed by atoms with E-state index in [0.29, 0.717) is 5.54 Å². The van der Waals surface area contributed by atoms with Crippen LogP contribution in [0.2, 0.25) is 0 Å². The fourth-order valence-electron chi connectivity index (χ4n) is 3.62. The summed E-state index contributed by atoms with van der Waals surface area (Å²) in [4.78, 5) is 2.66. The summed E-state index contributed by atoms with van der Waals surface area (Å²) in [5.74, 6) is 0. The third-order valence-electron chi connectivity index (χ3n) is 4.79. The van der Waals surface area contributed by atoms with Crippen LogP contribution < -0.4 is 5.32 Å². The predicted molar refractivity (Wildman–Crippen MR) is 80.5 cm³/mol. The van der Waals surface area contributed by atoms with Gasteiger partial charge in [0.2, 0.25) is 0 Å². The molecule has 2 heterocycles. The van der Waals surface area contributed by atoms with Gasteiger partial charge in [0.15, 0.2) is 0 Å². The highest BCUT2D eigenvalue weighted by atomic mass is 15.2. The summed E-state index contributed by atoms with van der Waals surface area (Å²) >= 11 is 0. The van der Waals surface area contributed by atoms with Crippen molar-refractivity contribution >= 4 is 0 Å². The maximum Gasteiger partial charge on any atom is 0.0280 e. The van der Waals surface area contributed by atoms with Gasteiger partial charge in [-0.05, 0) is 50.3 Å². The molecule has 1 aromatic carbocycles. The molecule has 0 amide bonds. The fraction of sp³-hybridized carbons (Fsp3) is 0.647. The molecule has 0 aliphatic carbocycles. The van der Waals surface area contributed by atoms with Crippen LogP contribution in [0.3, 0.4) is 0 Å². The number of benzene rings is 1. The maximum atomic E-state index is 3.74. The summed E-state index contributed by atoms with van der Waals surface area (Å²) in [6, 6.07) is 8.97. The average Bonchev–Trinajstić information content (AvgIpc) is 2.62. The van der Waals surface area contributed by atoms with Crippen molar-refractivity contribution < 1.29 is 0 Å². The Bertz CT molecular complexity index is 394. The molecule has 1 N–H and O–H groups in total. The summed E-state index contributed by atoms with van der Waals surface area (Å²) in [6.45, 7) is 7.25. The van der Waals surface area contributed by atoms with Crippen LogP contribution in [0.5, 0.6) is 0 Å². The van der Waals surface area contributed by atoms with Crippen molar-refractivity contribution in [2.24, 2.45) is 0 Å². The van der Waals surface area contributed by atoms with Gasteiger partial charge in [-0.1, -0.05) is 30.7 Å². The molecule has 1 fully saturated rings. The zero-order valence-corrected chi connectivity index (χ0v) is 12.1. The Labute approximate surface area is 117 Å². The maximum absolute atomic E-state index is 3.74. The van der Waals surface area contributed by atoms with Crippen LogP contribution >= 0.6 is 0 Å². The smallest absolute Gasteiger partial charge is 0.0280 e. The highest BCUT2D eigenvalue weighted by Crippen LogP contribution is 2.22. The van der Waals surface area contributed by atoms with Crippen LogP contribution in [-0.4, -0.2) is 36.6 Å². The number of nitrogens with one attached hydrogen (secondary N) is 1. The second-order valence-electron chi connectivity index (χ2n) is 6.49. The highest BCUT2D eigenvalue weighted by Gasteiger charge is 2.29. The van der Waals surface area contributed by atoms with Crippen molar-refractivity contribution in [2.75, 3.05) is 26.2 Å². The van der Waals surface area contributed by atoms with Crippen molar-refractivity contribution in [2.45, 2.75) is 44.6 Å². The van der Waals surface area contributed by atoms with Gasteiger partial charge in [0.1, 0.15) is 0 Å². The molecule has 1 saturated heterocycles. The first kappa shape index (κ1) is 13.1. The normalized spacial score (nSPS) is 28.7. The van der Waals surface area contributed by atoms with Gasteiger partial charge in [-0.2, -0.15) is 0 Å². The lowest BCUT2D eigenvalue weighted by Crippen LogP contribution is -2.54. The highest BCUT2D eigenvalue weighted by molar-refractivity contribution is 5.28. The molecule has 1 aromatic rings. The van der Waals surface area contributed by atoms with E-state index in [1.165, 1.54) is 58.3 Å². The summed E-state index contributed by atoms with van der Waals surface area (Å²) in [5, 5.41) is 3.74. The van der Waals surface area contributed by atoms with Crippen molar-refractivity contribution in [1.29, 1.82) is 0 Å². The van der Waals surface area contributed by atoms with Crippen LogP contribution in [-0.2, 0) is 12.8 Å². The van der Waals surface area contributed by atoms with E-state index in [1.807, 2.05) is 0 Å². The quantitative estimate of drug-likeness (QED) is 0.877. The topological polar surface area (TPSA) is 15.3 Å². The average molecular weight is 258 g/mol. The minimum absolute atomic E-state index is 0.342. The lowest BCUT2D eigenvalue weighted by molar-refractivity contribution is 0.168. The van der Waals surface area contributed by atoms with Crippen LogP contribution in [0.25, 0.3) is 0 Å². The van der Waals surface area contributed by atoms with Gasteiger partial charge < -0.3 is 10.2 Å². The van der Waals surface area contributed by atoms with E-state index in [4.69, 9.17) is 0 Å². The molecule has 2 aliphatic heterocycles. The minimum atomic E-state index is 0.342. The zero-order valence-electron chi connectivity index (χ0n) is 12.1. The number of hydrogen-bond donors (Lipinski definition) is 1. The Morgan fingerprint density at radius 1 is 1.11 bits per heavy atom. The number of rotatable bonds is 2. The zero-order chi connectivity index (χ0) is 13.1.